The molecule has 1 amide bonds. The van der Waals surface area contributed by atoms with E-state index in [1.165, 1.54) is 0 Å². The first-order valence-corrected chi connectivity index (χ1v) is 7.09. The molecule has 2 aromatic rings. The Balaban J connectivity index is 2.09. The molecule has 1 aromatic carbocycles. The third kappa shape index (κ3) is 2.27. The Labute approximate surface area is 124 Å². The third-order valence-corrected chi connectivity index (χ3v) is 3.76. The summed E-state index contributed by atoms with van der Waals surface area (Å²) in [6, 6.07) is 7.93. The Bertz CT molecular complexity index is 710. The van der Waals surface area contributed by atoms with Crippen LogP contribution in [0.1, 0.15) is 28.5 Å². The summed E-state index contributed by atoms with van der Waals surface area (Å²) in [5.41, 5.74) is 4.62. The molecule has 108 valence electrons. The van der Waals surface area contributed by atoms with E-state index in [2.05, 4.69) is 11.1 Å². The van der Waals surface area contributed by atoms with Crippen molar-refractivity contribution in [1.82, 2.24) is 9.88 Å². The van der Waals surface area contributed by atoms with Crippen molar-refractivity contribution in [2.45, 2.75) is 20.4 Å². The Morgan fingerprint density at radius 3 is 2.86 bits per heavy atom. The summed E-state index contributed by atoms with van der Waals surface area (Å²) in [5.74, 6) is 0.926. The molecule has 2 heterocycles. The molecule has 0 atom stereocenters. The van der Waals surface area contributed by atoms with Gasteiger partial charge in [0.25, 0.3) is 5.91 Å². The summed E-state index contributed by atoms with van der Waals surface area (Å²) >= 11 is 0. The van der Waals surface area contributed by atoms with Crippen LogP contribution in [0.2, 0.25) is 0 Å². The van der Waals surface area contributed by atoms with Crippen LogP contribution in [0, 0.1) is 6.92 Å². The SMILES string of the molecule is CCOc1ccc(-c2ccnc3c2C(=O)N(C)C3)cc1C. The molecule has 21 heavy (non-hydrogen) atoms. The number of aryl methyl sites for hydroxylation is 1. The molecule has 1 aliphatic heterocycles. The van der Waals surface area contributed by atoms with Gasteiger partial charge in [-0.2, -0.15) is 0 Å². The van der Waals surface area contributed by atoms with E-state index >= 15 is 0 Å². The van der Waals surface area contributed by atoms with Crippen LogP contribution >= 0.6 is 0 Å². The zero-order valence-corrected chi connectivity index (χ0v) is 12.5. The third-order valence-electron chi connectivity index (χ3n) is 3.76. The molecule has 4 nitrogen and oxygen atoms in total. The minimum Gasteiger partial charge on any atom is -0.494 e. The van der Waals surface area contributed by atoms with Crippen molar-refractivity contribution < 1.29 is 9.53 Å². The first-order valence-electron chi connectivity index (χ1n) is 7.09. The van der Waals surface area contributed by atoms with Gasteiger partial charge in [0.2, 0.25) is 0 Å². The predicted octanol–water partition coefficient (Wildman–Crippen LogP) is 3.04. The zero-order valence-electron chi connectivity index (χ0n) is 12.5. The van der Waals surface area contributed by atoms with Crippen molar-refractivity contribution in [2.24, 2.45) is 0 Å². The summed E-state index contributed by atoms with van der Waals surface area (Å²) in [7, 11) is 1.80. The topological polar surface area (TPSA) is 42.4 Å². The van der Waals surface area contributed by atoms with Gasteiger partial charge in [0.15, 0.2) is 0 Å². The smallest absolute Gasteiger partial charge is 0.256 e. The van der Waals surface area contributed by atoms with Gasteiger partial charge in [-0.15, -0.1) is 0 Å². The normalized spacial score (nSPS) is 13.5. The van der Waals surface area contributed by atoms with Crippen LogP contribution in [-0.2, 0) is 6.54 Å². The molecule has 0 unspecified atom stereocenters. The van der Waals surface area contributed by atoms with E-state index in [4.69, 9.17) is 4.74 Å². The highest BCUT2D eigenvalue weighted by Gasteiger charge is 2.28. The number of carbonyl (C=O) groups excluding carboxylic acids is 1. The van der Waals surface area contributed by atoms with E-state index in [0.29, 0.717) is 13.2 Å². The number of fused-ring (bicyclic) bond motifs is 1. The molecule has 0 saturated carbocycles. The van der Waals surface area contributed by atoms with Crippen LogP contribution in [0.15, 0.2) is 30.5 Å². The van der Waals surface area contributed by atoms with Crippen LogP contribution < -0.4 is 4.74 Å². The van der Waals surface area contributed by atoms with Crippen molar-refractivity contribution in [3.8, 4) is 16.9 Å². The van der Waals surface area contributed by atoms with E-state index in [-0.39, 0.29) is 5.91 Å². The van der Waals surface area contributed by atoms with Gasteiger partial charge in [-0.1, -0.05) is 6.07 Å². The number of carbonyl (C=O) groups is 1. The Kier molecular flexibility index (Phi) is 3.37. The fourth-order valence-electron chi connectivity index (χ4n) is 2.73. The molecule has 0 radical (unpaired) electrons. The fourth-order valence-corrected chi connectivity index (χ4v) is 2.73. The van der Waals surface area contributed by atoms with Crippen LogP contribution in [0.4, 0.5) is 0 Å². The minimum atomic E-state index is 0.0413. The summed E-state index contributed by atoms with van der Waals surface area (Å²) < 4.78 is 5.57. The lowest BCUT2D eigenvalue weighted by Gasteiger charge is -2.11. The number of hydrogen-bond donors (Lipinski definition) is 0. The first-order chi connectivity index (χ1) is 10.1. The number of ether oxygens (including phenoxy) is 1. The van der Waals surface area contributed by atoms with E-state index < -0.39 is 0 Å². The highest BCUT2D eigenvalue weighted by atomic mass is 16.5. The molecular formula is C17H18N2O2. The lowest BCUT2D eigenvalue weighted by atomic mass is 9.98. The van der Waals surface area contributed by atoms with Gasteiger partial charge < -0.3 is 9.64 Å². The maximum absolute atomic E-state index is 12.3. The van der Waals surface area contributed by atoms with E-state index in [1.54, 1.807) is 18.1 Å². The molecule has 4 heteroatoms. The number of hydrogen-bond acceptors (Lipinski definition) is 3. The maximum Gasteiger partial charge on any atom is 0.256 e. The summed E-state index contributed by atoms with van der Waals surface area (Å²) in [4.78, 5) is 18.3. The van der Waals surface area contributed by atoms with Gasteiger partial charge >= 0.3 is 0 Å². The van der Waals surface area contributed by atoms with Gasteiger partial charge in [0.1, 0.15) is 5.75 Å². The second kappa shape index (κ2) is 5.20. The number of amides is 1. The molecule has 0 N–H and O–H groups in total. The van der Waals surface area contributed by atoms with Gasteiger partial charge in [0, 0.05) is 13.2 Å². The lowest BCUT2D eigenvalue weighted by Crippen LogP contribution is -2.17. The molecular weight excluding hydrogens is 264 g/mol. The van der Waals surface area contributed by atoms with Crippen LogP contribution in [-0.4, -0.2) is 29.4 Å². The monoisotopic (exact) mass is 282 g/mol. The Morgan fingerprint density at radius 2 is 2.14 bits per heavy atom. The summed E-state index contributed by atoms with van der Waals surface area (Å²) in [5, 5.41) is 0. The molecule has 0 spiro atoms. The maximum atomic E-state index is 12.3. The fraction of sp³-hybridized carbons (Fsp3) is 0.294. The standard InChI is InChI=1S/C17H18N2O2/c1-4-21-15-6-5-12(9-11(15)2)13-7-8-18-14-10-19(3)17(20)16(13)14/h5-9H,4,10H2,1-3H3. The van der Waals surface area contributed by atoms with Gasteiger partial charge in [-0.25, -0.2) is 0 Å². The second-order valence-corrected chi connectivity index (χ2v) is 5.25. The van der Waals surface area contributed by atoms with Crippen molar-refractivity contribution in [1.29, 1.82) is 0 Å². The molecule has 0 aliphatic carbocycles. The number of pyridine rings is 1. The Morgan fingerprint density at radius 1 is 1.33 bits per heavy atom. The van der Waals surface area contributed by atoms with Crippen molar-refractivity contribution in [2.75, 3.05) is 13.7 Å². The second-order valence-electron chi connectivity index (χ2n) is 5.25. The molecule has 3 rings (SSSR count). The van der Waals surface area contributed by atoms with Gasteiger partial charge in [0.05, 0.1) is 24.4 Å². The average Bonchev–Trinajstić information content (AvgIpc) is 2.77. The quantitative estimate of drug-likeness (QED) is 0.869. The Hall–Kier alpha value is -2.36. The van der Waals surface area contributed by atoms with E-state index in [0.717, 1.165) is 33.7 Å². The van der Waals surface area contributed by atoms with Crippen LogP contribution in [0.5, 0.6) is 5.75 Å². The highest BCUT2D eigenvalue weighted by Crippen LogP contribution is 2.33. The van der Waals surface area contributed by atoms with Crippen molar-refractivity contribution in [3.63, 3.8) is 0 Å². The number of rotatable bonds is 3. The molecule has 1 aliphatic rings. The van der Waals surface area contributed by atoms with Crippen LogP contribution in [0.25, 0.3) is 11.1 Å². The number of nitrogens with zero attached hydrogens (tertiary/aromatic N) is 2. The lowest BCUT2D eigenvalue weighted by molar-refractivity contribution is 0.0817. The van der Waals surface area contributed by atoms with Crippen LogP contribution in [0.3, 0.4) is 0 Å². The largest absolute Gasteiger partial charge is 0.494 e. The van der Waals surface area contributed by atoms with Crippen molar-refractivity contribution in [3.05, 3.63) is 47.3 Å². The molecule has 0 bridgehead atoms. The zero-order chi connectivity index (χ0) is 15.0. The number of benzene rings is 1. The molecule has 1 aromatic heterocycles. The van der Waals surface area contributed by atoms with Crippen molar-refractivity contribution >= 4 is 5.91 Å². The first kappa shape index (κ1) is 13.6. The molecule has 0 fully saturated rings. The summed E-state index contributed by atoms with van der Waals surface area (Å²) in [6.07, 6.45) is 1.77. The van der Waals surface area contributed by atoms with Gasteiger partial charge in [-0.3, -0.25) is 9.78 Å². The minimum absolute atomic E-state index is 0.0413. The number of aromatic nitrogens is 1. The average molecular weight is 282 g/mol. The molecule has 0 saturated heterocycles. The predicted molar refractivity (Wildman–Crippen MR) is 81.4 cm³/mol. The van der Waals surface area contributed by atoms with E-state index in [9.17, 15) is 4.79 Å². The summed E-state index contributed by atoms with van der Waals surface area (Å²) in [6.45, 7) is 5.22. The van der Waals surface area contributed by atoms with E-state index in [1.807, 2.05) is 32.0 Å². The highest BCUT2D eigenvalue weighted by molar-refractivity contribution is 6.03. The van der Waals surface area contributed by atoms with Gasteiger partial charge in [-0.05, 0) is 48.7 Å².